The van der Waals surface area contributed by atoms with Gasteiger partial charge in [-0.15, -0.1) is 11.3 Å². The highest BCUT2D eigenvalue weighted by Crippen LogP contribution is 2.27. The average molecular weight is 680 g/mol. The maximum absolute atomic E-state index is 13.0. The molecule has 47 heavy (non-hydrogen) atoms. The highest BCUT2D eigenvalue weighted by molar-refractivity contribution is 7.09. The van der Waals surface area contributed by atoms with Gasteiger partial charge in [0, 0.05) is 52.6 Å². The molecular formula is C36H65N5O5S. The SMILES string of the molecule is CCC.CCC(C)C(C(CCOC)OC)N(C)C(=O)CN.COC(C1CCCN1)C(C)C(=O)NC(CC1=CCCC=C1)c1nccs1. The van der Waals surface area contributed by atoms with Gasteiger partial charge in [0.15, 0.2) is 0 Å². The molecule has 10 nitrogen and oxygen atoms in total. The standard InChI is InChI=1S/C20H29N3O2S.C13H28N2O3.C3H8/c1-14(18(25-2)16-9-6-10-21-16)19(24)23-17(20-22-11-12-26-20)13-15-7-4-3-5-8-15;1-6-10(2)13(15(3)12(16)9-14)11(18-5)7-8-17-4;1-3-2/h4,7-8,11-12,14,16-18,21H,3,5-6,9-10,13H2,1-2H3,(H,23,24);10-11,13H,6-9,14H2,1-5H3;3H2,1-2H3. The molecule has 2 heterocycles. The third kappa shape index (κ3) is 14.9. The Bertz CT molecular complexity index is 1030. The first-order valence-corrected chi connectivity index (χ1v) is 18.3. The number of carbonyl (C=O) groups is 2. The fourth-order valence-corrected chi connectivity index (χ4v) is 6.72. The molecule has 1 saturated heterocycles. The number of thiazole rings is 1. The number of allylic oxidation sites excluding steroid dienone is 3. The van der Waals surface area contributed by atoms with Crippen LogP contribution in [0.25, 0.3) is 0 Å². The number of methoxy groups -OCH3 is 3. The first-order valence-electron chi connectivity index (χ1n) is 17.4. The number of hydrogen-bond donors (Lipinski definition) is 3. The Balaban J connectivity index is 0.000000462. The van der Waals surface area contributed by atoms with Gasteiger partial charge in [-0.1, -0.05) is 65.7 Å². The van der Waals surface area contributed by atoms with Crippen LogP contribution in [0, 0.1) is 11.8 Å². The van der Waals surface area contributed by atoms with E-state index in [9.17, 15) is 9.59 Å². The number of likely N-dealkylation sites (N-methyl/N-ethyl adjacent to an activating group) is 1. The lowest BCUT2D eigenvalue weighted by Crippen LogP contribution is -2.51. The quantitative estimate of drug-likeness (QED) is 0.193. The second-order valence-corrected chi connectivity index (χ2v) is 13.4. The van der Waals surface area contributed by atoms with Gasteiger partial charge in [0.1, 0.15) is 5.01 Å². The van der Waals surface area contributed by atoms with Crippen molar-refractivity contribution >= 4 is 23.2 Å². The predicted octanol–water partition coefficient (Wildman–Crippen LogP) is 5.66. The molecule has 1 aliphatic carbocycles. The molecule has 2 aliphatic rings. The van der Waals surface area contributed by atoms with Crippen molar-refractivity contribution in [2.24, 2.45) is 17.6 Å². The summed E-state index contributed by atoms with van der Waals surface area (Å²) in [6, 6.07) is 0.197. The van der Waals surface area contributed by atoms with Gasteiger partial charge in [0.25, 0.3) is 0 Å². The van der Waals surface area contributed by atoms with Gasteiger partial charge < -0.3 is 35.5 Å². The van der Waals surface area contributed by atoms with Gasteiger partial charge in [-0.25, -0.2) is 4.98 Å². The van der Waals surface area contributed by atoms with Crippen molar-refractivity contribution in [1.29, 1.82) is 0 Å². The number of nitrogens with zero attached hydrogens (tertiary/aromatic N) is 2. The van der Waals surface area contributed by atoms with Crippen LogP contribution in [0.5, 0.6) is 0 Å². The minimum absolute atomic E-state index is 0.0274. The Hall–Kier alpha value is -2.15. The predicted molar refractivity (Wildman–Crippen MR) is 193 cm³/mol. The van der Waals surface area contributed by atoms with E-state index in [0.29, 0.717) is 12.5 Å². The Kier molecular flexibility index (Phi) is 22.7. The smallest absolute Gasteiger partial charge is 0.236 e. The van der Waals surface area contributed by atoms with Crippen molar-refractivity contribution in [3.05, 3.63) is 40.4 Å². The van der Waals surface area contributed by atoms with E-state index in [4.69, 9.17) is 19.9 Å². The van der Waals surface area contributed by atoms with E-state index in [1.165, 1.54) is 12.0 Å². The molecule has 2 amide bonds. The fraction of sp³-hybridized carbons (Fsp3) is 0.750. The molecule has 0 spiro atoms. The largest absolute Gasteiger partial charge is 0.385 e. The van der Waals surface area contributed by atoms with Crippen molar-refractivity contribution < 1.29 is 23.8 Å². The van der Waals surface area contributed by atoms with Gasteiger partial charge in [-0.3, -0.25) is 9.59 Å². The molecule has 11 heteroatoms. The second kappa shape index (κ2) is 24.9. The van der Waals surface area contributed by atoms with Crippen LogP contribution in [0.15, 0.2) is 35.4 Å². The summed E-state index contributed by atoms with van der Waals surface area (Å²) >= 11 is 1.59. The van der Waals surface area contributed by atoms with Crippen LogP contribution >= 0.6 is 11.3 Å². The van der Waals surface area contributed by atoms with Gasteiger partial charge in [-0.05, 0) is 56.6 Å². The molecule has 0 radical (unpaired) electrons. The zero-order chi connectivity index (χ0) is 35.2. The van der Waals surface area contributed by atoms with Crippen LogP contribution < -0.4 is 16.4 Å². The molecule has 0 saturated carbocycles. The van der Waals surface area contributed by atoms with E-state index in [-0.39, 0.29) is 54.6 Å². The Morgan fingerprint density at radius 3 is 2.38 bits per heavy atom. The third-order valence-corrected chi connectivity index (χ3v) is 9.67. The maximum atomic E-state index is 13.0. The van der Waals surface area contributed by atoms with Crippen LogP contribution in [0.1, 0.15) is 97.0 Å². The summed E-state index contributed by atoms with van der Waals surface area (Å²) in [5, 5.41) is 9.61. The Morgan fingerprint density at radius 2 is 1.89 bits per heavy atom. The molecule has 1 aromatic rings. The number of rotatable bonds is 17. The number of ether oxygens (including phenoxy) is 3. The third-order valence-electron chi connectivity index (χ3n) is 8.78. The van der Waals surface area contributed by atoms with Crippen molar-refractivity contribution in [3.8, 4) is 0 Å². The summed E-state index contributed by atoms with van der Waals surface area (Å²) in [6.45, 7) is 12.1. The monoisotopic (exact) mass is 679 g/mol. The molecular weight excluding hydrogens is 614 g/mol. The van der Waals surface area contributed by atoms with E-state index in [0.717, 1.165) is 56.5 Å². The number of amides is 2. The fourth-order valence-electron chi connectivity index (χ4n) is 6.03. The molecule has 4 N–H and O–H groups in total. The number of nitrogens with one attached hydrogen (secondary N) is 2. The van der Waals surface area contributed by atoms with E-state index < -0.39 is 0 Å². The first kappa shape index (κ1) is 42.9. The van der Waals surface area contributed by atoms with Crippen molar-refractivity contribution in [1.82, 2.24) is 20.5 Å². The molecule has 270 valence electrons. The van der Waals surface area contributed by atoms with Crippen LogP contribution in [0.3, 0.4) is 0 Å². The maximum Gasteiger partial charge on any atom is 0.236 e. The second-order valence-electron chi connectivity index (χ2n) is 12.4. The van der Waals surface area contributed by atoms with E-state index in [2.05, 4.69) is 61.5 Å². The Morgan fingerprint density at radius 1 is 1.17 bits per heavy atom. The molecule has 0 bridgehead atoms. The number of carbonyl (C=O) groups excluding carboxylic acids is 2. The van der Waals surface area contributed by atoms with E-state index in [1.807, 2.05) is 12.3 Å². The molecule has 1 aliphatic heterocycles. The summed E-state index contributed by atoms with van der Waals surface area (Å²) in [4.78, 5) is 30.9. The van der Waals surface area contributed by atoms with Crippen LogP contribution in [-0.4, -0.2) is 94.1 Å². The molecule has 1 aromatic heterocycles. The van der Waals surface area contributed by atoms with E-state index in [1.54, 1.807) is 50.8 Å². The van der Waals surface area contributed by atoms with Crippen molar-refractivity contribution in [2.45, 2.75) is 116 Å². The van der Waals surface area contributed by atoms with Gasteiger partial charge in [0.2, 0.25) is 11.8 Å². The minimum atomic E-state index is -0.214. The zero-order valence-electron chi connectivity index (χ0n) is 30.6. The van der Waals surface area contributed by atoms with Crippen LogP contribution in [0.4, 0.5) is 0 Å². The van der Waals surface area contributed by atoms with Crippen LogP contribution in [-0.2, 0) is 23.8 Å². The summed E-state index contributed by atoms with van der Waals surface area (Å²) in [5.74, 6) is 0.118. The topological polar surface area (TPSA) is 128 Å². The van der Waals surface area contributed by atoms with Gasteiger partial charge in [-0.2, -0.15) is 0 Å². The summed E-state index contributed by atoms with van der Waals surface area (Å²) in [6.07, 6.45) is 16.4. The number of hydrogen-bond acceptors (Lipinski definition) is 9. The lowest BCUT2D eigenvalue weighted by Gasteiger charge is -2.37. The summed E-state index contributed by atoms with van der Waals surface area (Å²) in [7, 11) is 6.84. The van der Waals surface area contributed by atoms with Crippen molar-refractivity contribution in [3.63, 3.8) is 0 Å². The molecule has 3 rings (SSSR count). The lowest BCUT2D eigenvalue weighted by molar-refractivity contribution is -0.135. The Labute approximate surface area is 289 Å². The average Bonchev–Trinajstić information content (AvgIpc) is 3.83. The first-order chi connectivity index (χ1) is 22.6. The van der Waals surface area contributed by atoms with E-state index >= 15 is 0 Å². The number of aromatic nitrogens is 1. The van der Waals surface area contributed by atoms with Crippen molar-refractivity contribution in [2.75, 3.05) is 48.1 Å². The lowest BCUT2D eigenvalue weighted by atomic mass is 9.91. The molecule has 7 atom stereocenters. The summed E-state index contributed by atoms with van der Waals surface area (Å²) in [5.41, 5.74) is 6.71. The highest BCUT2D eigenvalue weighted by Gasteiger charge is 2.34. The summed E-state index contributed by atoms with van der Waals surface area (Å²) < 4.78 is 16.3. The normalized spacial score (nSPS) is 19.4. The zero-order valence-corrected chi connectivity index (χ0v) is 31.4. The molecule has 7 unspecified atom stereocenters. The van der Waals surface area contributed by atoms with Gasteiger partial charge in [0.05, 0.1) is 36.8 Å². The molecule has 0 aromatic carbocycles. The minimum Gasteiger partial charge on any atom is -0.385 e. The van der Waals surface area contributed by atoms with Crippen LogP contribution in [0.2, 0.25) is 0 Å². The van der Waals surface area contributed by atoms with Gasteiger partial charge >= 0.3 is 0 Å². The number of nitrogens with two attached hydrogens (primary N) is 1. The highest BCUT2D eigenvalue weighted by atomic mass is 32.1. The molecule has 1 fully saturated rings.